The molecular weight excluding hydrogens is 381 g/mol. The molecule has 28 heavy (non-hydrogen) atoms. The van der Waals surface area contributed by atoms with Crippen molar-refractivity contribution in [2.45, 2.75) is 25.6 Å². The molecule has 5 nitrogen and oxygen atoms in total. The van der Waals surface area contributed by atoms with Crippen molar-refractivity contribution in [3.8, 4) is 0 Å². The Labute approximate surface area is 167 Å². The number of halogens is 1. The van der Waals surface area contributed by atoms with Crippen molar-refractivity contribution in [3.63, 3.8) is 0 Å². The molecular formula is C21H22FNO4S. The van der Waals surface area contributed by atoms with Crippen LogP contribution in [-0.2, 0) is 16.0 Å². The molecule has 7 heteroatoms. The fourth-order valence-electron chi connectivity index (χ4n) is 3.41. The van der Waals surface area contributed by atoms with Crippen LogP contribution in [0.5, 0.6) is 0 Å². The predicted molar refractivity (Wildman–Crippen MR) is 107 cm³/mol. The number of aromatic carboxylic acids is 1. The first-order chi connectivity index (χ1) is 13.4. The van der Waals surface area contributed by atoms with Crippen LogP contribution in [0, 0.1) is 12.7 Å². The van der Waals surface area contributed by atoms with E-state index in [2.05, 4.69) is 0 Å². The van der Waals surface area contributed by atoms with Crippen LogP contribution < -0.4 is 4.90 Å². The Balaban J connectivity index is 2.02. The van der Waals surface area contributed by atoms with E-state index in [1.54, 1.807) is 29.2 Å². The Morgan fingerprint density at radius 1 is 1.29 bits per heavy atom. The zero-order valence-electron chi connectivity index (χ0n) is 15.8. The van der Waals surface area contributed by atoms with Gasteiger partial charge in [-0.3, -0.25) is 9.69 Å². The molecule has 0 bridgehead atoms. The molecule has 1 saturated heterocycles. The third kappa shape index (κ3) is 4.05. The molecule has 1 heterocycles. The maximum atomic E-state index is 13.3. The number of carbonyl (C=O) groups excluding carboxylic acids is 1. The van der Waals surface area contributed by atoms with Gasteiger partial charge in [-0.2, -0.15) is 0 Å². The van der Waals surface area contributed by atoms with Gasteiger partial charge in [0.2, 0.25) is 5.91 Å². The molecule has 1 amide bonds. The number of rotatable bonds is 7. The lowest BCUT2D eigenvalue weighted by Crippen LogP contribution is -2.29. The summed E-state index contributed by atoms with van der Waals surface area (Å²) in [6, 6.07) is 9.34. The largest absolute Gasteiger partial charge is 0.478 e. The number of ether oxygens (including phenoxy) is 1. The van der Waals surface area contributed by atoms with Gasteiger partial charge in [-0.15, -0.1) is 11.8 Å². The van der Waals surface area contributed by atoms with E-state index in [4.69, 9.17) is 4.74 Å². The molecule has 1 aliphatic rings. The second-order valence-corrected chi connectivity index (χ2v) is 7.54. The van der Waals surface area contributed by atoms with E-state index in [1.807, 2.05) is 13.8 Å². The summed E-state index contributed by atoms with van der Waals surface area (Å²) < 4.78 is 18.7. The summed E-state index contributed by atoms with van der Waals surface area (Å²) in [6.45, 7) is 4.68. The summed E-state index contributed by atoms with van der Waals surface area (Å²) in [6.07, 6.45) is 0.450. The van der Waals surface area contributed by atoms with E-state index >= 15 is 0 Å². The summed E-state index contributed by atoms with van der Waals surface area (Å²) in [5.41, 5.74) is 3.15. The van der Waals surface area contributed by atoms with Crippen LogP contribution in [0.2, 0.25) is 0 Å². The summed E-state index contributed by atoms with van der Waals surface area (Å²) in [5, 5.41) is 9.27. The molecule has 2 aromatic carbocycles. The highest BCUT2D eigenvalue weighted by atomic mass is 32.2. The van der Waals surface area contributed by atoms with Gasteiger partial charge >= 0.3 is 5.97 Å². The van der Waals surface area contributed by atoms with Crippen molar-refractivity contribution >= 4 is 29.3 Å². The first kappa shape index (κ1) is 20.4. The Bertz CT molecular complexity index is 885. The maximum Gasteiger partial charge on any atom is 0.335 e. The number of amides is 1. The van der Waals surface area contributed by atoms with Crippen LogP contribution in [-0.4, -0.2) is 35.9 Å². The first-order valence-corrected chi connectivity index (χ1v) is 10.1. The number of thioether (sulfide) groups is 1. The smallest absolute Gasteiger partial charge is 0.335 e. The molecule has 0 aromatic heterocycles. The molecule has 1 unspecified atom stereocenters. The fraction of sp³-hybridized carbons (Fsp3) is 0.333. The van der Waals surface area contributed by atoms with Crippen molar-refractivity contribution in [3.05, 3.63) is 64.5 Å². The van der Waals surface area contributed by atoms with Gasteiger partial charge in [0.25, 0.3) is 0 Å². The lowest BCUT2D eigenvalue weighted by atomic mass is 9.96. The van der Waals surface area contributed by atoms with E-state index in [0.717, 1.165) is 11.1 Å². The van der Waals surface area contributed by atoms with E-state index < -0.39 is 5.97 Å². The molecule has 0 spiro atoms. The molecule has 148 valence electrons. The predicted octanol–water partition coefficient (Wildman–Crippen LogP) is 4.19. The lowest BCUT2D eigenvalue weighted by Gasteiger charge is -2.27. The third-order valence-corrected chi connectivity index (χ3v) is 6.00. The van der Waals surface area contributed by atoms with Crippen molar-refractivity contribution in [1.82, 2.24) is 0 Å². The average Bonchev–Trinajstić information content (AvgIpc) is 3.05. The van der Waals surface area contributed by atoms with Crippen LogP contribution in [0.25, 0.3) is 0 Å². The maximum absolute atomic E-state index is 13.3. The van der Waals surface area contributed by atoms with Gasteiger partial charge in [-0.05, 0) is 61.2 Å². The normalized spacial score (nSPS) is 16.6. The van der Waals surface area contributed by atoms with Crippen LogP contribution in [0.15, 0.2) is 36.4 Å². The number of carboxylic acids is 1. The van der Waals surface area contributed by atoms with Crippen LogP contribution in [0.4, 0.5) is 10.1 Å². The van der Waals surface area contributed by atoms with Gasteiger partial charge in [0.05, 0.1) is 17.9 Å². The zero-order valence-corrected chi connectivity index (χ0v) is 16.6. The molecule has 1 N–H and O–H groups in total. The van der Waals surface area contributed by atoms with Crippen LogP contribution in [0.1, 0.15) is 39.3 Å². The Morgan fingerprint density at radius 2 is 2.00 bits per heavy atom. The average molecular weight is 403 g/mol. The minimum atomic E-state index is -1.00. The lowest BCUT2D eigenvalue weighted by molar-refractivity contribution is -0.115. The highest BCUT2D eigenvalue weighted by Gasteiger charge is 2.35. The topological polar surface area (TPSA) is 66.8 Å². The van der Waals surface area contributed by atoms with Crippen molar-refractivity contribution in [1.29, 1.82) is 0 Å². The van der Waals surface area contributed by atoms with Gasteiger partial charge in [-0.25, -0.2) is 9.18 Å². The standard InChI is InChI=1S/C21H22FNO4S/c1-3-27-11-10-16-13(2)18(9-8-17(16)21(25)26)23-19(24)12-28-20(23)14-4-6-15(22)7-5-14/h4-9,20H,3,10-12H2,1-2H3,(H,25,26). The van der Waals surface area contributed by atoms with E-state index in [9.17, 15) is 19.1 Å². The highest BCUT2D eigenvalue weighted by Crippen LogP contribution is 2.43. The first-order valence-electron chi connectivity index (χ1n) is 9.06. The number of hydrogen-bond donors (Lipinski definition) is 1. The SMILES string of the molecule is CCOCCc1c(C(=O)O)ccc(N2C(=O)CSC2c2ccc(F)cc2)c1C. The third-order valence-electron chi connectivity index (χ3n) is 4.78. The Morgan fingerprint density at radius 3 is 2.64 bits per heavy atom. The summed E-state index contributed by atoms with van der Waals surface area (Å²) in [7, 11) is 0. The van der Waals surface area contributed by atoms with Crippen molar-refractivity contribution < 1.29 is 23.8 Å². The van der Waals surface area contributed by atoms with Gasteiger partial charge in [0.15, 0.2) is 0 Å². The molecule has 0 aliphatic carbocycles. The minimum Gasteiger partial charge on any atom is -0.478 e. The van der Waals surface area contributed by atoms with Gasteiger partial charge < -0.3 is 9.84 Å². The molecule has 0 saturated carbocycles. The molecule has 1 fully saturated rings. The number of carbonyl (C=O) groups is 2. The summed E-state index contributed by atoms with van der Waals surface area (Å²) >= 11 is 1.47. The quantitative estimate of drug-likeness (QED) is 0.702. The molecule has 1 aliphatic heterocycles. The summed E-state index contributed by atoms with van der Waals surface area (Å²) in [4.78, 5) is 26.0. The zero-order chi connectivity index (χ0) is 20.3. The van der Waals surface area contributed by atoms with Gasteiger partial charge in [0.1, 0.15) is 11.2 Å². The van der Waals surface area contributed by atoms with E-state index in [1.165, 1.54) is 23.9 Å². The van der Waals surface area contributed by atoms with E-state index in [-0.39, 0.29) is 22.7 Å². The number of hydrogen-bond acceptors (Lipinski definition) is 4. The second kappa shape index (κ2) is 8.75. The van der Waals surface area contributed by atoms with Crippen molar-refractivity contribution in [2.75, 3.05) is 23.9 Å². The van der Waals surface area contributed by atoms with Crippen LogP contribution in [0.3, 0.4) is 0 Å². The number of carboxylic acid groups (broad SMARTS) is 1. The number of nitrogens with zero attached hydrogens (tertiary/aromatic N) is 1. The van der Waals surface area contributed by atoms with E-state index in [0.29, 0.717) is 36.6 Å². The molecule has 1 atom stereocenters. The number of anilines is 1. The Kier molecular flexibility index (Phi) is 6.36. The monoisotopic (exact) mass is 403 g/mol. The highest BCUT2D eigenvalue weighted by molar-refractivity contribution is 8.00. The fourth-order valence-corrected chi connectivity index (χ4v) is 4.57. The molecule has 0 radical (unpaired) electrons. The van der Waals surface area contributed by atoms with Crippen molar-refractivity contribution in [2.24, 2.45) is 0 Å². The molecule has 2 aromatic rings. The Hall–Kier alpha value is -2.38. The van der Waals surface area contributed by atoms with Crippen LogP contribution >= 0.6 is 11.8 Å². The van der Waals surface area contributed by atoms with Gasteiger partial charge in [0, 0.05) is 12.3 Å². The minimum absolute atomic E-state index is 0.0544. The summed E-state index contributed by atoms with van der Waals surface area (Å²) in [5.74, 6) is -1.07. The molecule has 3 rings (SSSR count). The number of benzene rings is 2. The van der Waals surface area contributed by atoms with Gasteiger partial charge in [-0.1, -0.05) is 12.1 Å². The second-order valence-electron chi connectivity index (χ2n) is 6.47.